The second kappa shape index (κ2) is 6.96. The molecule has 1 heterocycles. The van der Waals surface area contributed by atoms with Gasteiger partial charge in [-0.1, -0.05) is 17.3 Å². The van der Waals surface area contributed by atoms with Gasteiger partial charge in [-0.2, -0.15) is 0 Å². The summed E-state index contributed by atoms with van der Waals surface area (Å²) in [5.41, 5.74) is 0.681. The van der Waals surface area contributed by atoms with Gasteiger partial charge in [-0.15, -0.1) is 0 Å². The lowest BCUT2D eigenvalue weighted by Crippen LogP contribution is -2.38. The van der Waals surface area contributed by atoms with Crippen molar-refractivity contribution in [3.63, 3.8) is 0 Å². The van der Waals surface area contributed by atoms with Gasteiger partial charge in [0, 0.05) is 11.6 Å². The van der Waals surface area contributed by atoms with Crippen molar-refractivity contribution in [2.75, 3.05) is 20.3 Å². The number of carbonyl (C=O) groups is 2. The van der Waals surface area contributed by atoms with E-state index in [9.17, 15) is 9.59 Å². The van der Waals surface area contributed by atoms with Gasteiger partial charge in [-0.3, -0.25) is 9.59 Å². The highest BCUT2D eigenvalue weighted by Gasteiger charge is 2.53. The van der Waals surface area contributed by atoms with E-state index < -0.39 is 11.4 Å². The summed E-state index contributed by atoms with van der Waals surface area (Å²) < 4.78 is 15.4. The maximum atomic E-state index is 12.5. The smallest absolute Gasteiger partial charge is 0.325 e. The number of amides is 1. The molecule has 25 heavy (non-hydrogen) atoms. The number of hydrogen-bond donors (Lipinski definition) is 1. The van der Waals surface area contributed by atoms with Crippen molar-refractivity contribution in [1.29, 1.82) is 0 Å². The molecule has 1 N–H and O–H groups in total. The van der Waals surface area contributed by atoms with E-state index in [1.165, 1.54) is 0 Å². The largest absolute Gasteiger partial charge is 0.497 e. The second-order valence-electron chi connectivity index (χ2n) is 5.88. The molecule has 1 fully saturated rings. The Morgan fingerprint density at radius 1 is 1.32 bits per heavy atom. The maximum Gasteiger partial charge on any atom is 0.325 e. The summed E-state index contributed by atoms with van der Waals surface area (Å²) in [5, 5.41) is 6.69. The highest BCUT2D eigenvalue weighted by molar-refractivity contribution is 5.93. The van der Waals surface area contributed by atoms with Gasteiger partial charge >= 0.3 is 5.97 Å². The molecule has 1 saturated carbocycles. The van der Waals surface area contributed by atoms with Crippen LogP contribution >= 0.6 is 0 Å². The number of methoxy groups -OCH3 is 1. The highest BCUT2D eigenvalue weighted by Crippen LogP contribution is 2.48. The monoisotopic (exact) mass is 344 g/mol. The van der Waals surface area contributed by atoms with Crippen LogP contribution in [0.15, 0.2) is 34.9 Å². The summed E-state index contributed by atoms with van der Waals surface area (Å²) in [7, 11) is 1.60. The number of hydrogen-bond acceptors (Lipinski definition) is 6. The number of benzene rings is 1. The number of nitrogens with one attached hydrogen (secondary N) is 1. The molecule has 0 aliphatic heterocycles. The molecule has 132 valence electrons. The van der Waals surface area contributed by atoms with Crippen LogP contribution in [0, 0.1) is 0 Å². The first-order valence-corrected chi connectivity index (χ1v) is 8.14. The van der Waals surface area contributed by atoms with Crippen LogP contribution in [0.4, 0.5) is 0 Å². The average molecular weight is 344 g/mol. The zero-order valence-electron chi connectivity index (χ0n) is 14.2. The van der Waals surface area contributed by atoms with Gasteiger partial charge < -0.3 is 19.3 Å². The van der Waals surface area contributed by atoms with Crippen LogP contribution < -0.4 is 10.1 Å². The van der Waals surface area contributed by atoms with Crippen molar-refractivity contribution in [2.24, 2.45) is 0 Å². The van der Waals surface area contributed by atoms with E-state index in [-0.39, 0.29) is 19.1 Å². The average Bonchev–Trinajstić information content (AvgIpc) is 3.29. The first-order chi connectivity index (χ1) is 12.1. The fourth-order valence-electron chi connectivity index (χ4n) is 2.67. The number of aromatic nitrogens is 1. The second-order valence-corrected chi connectivity index (χ2v) is 5.88. The number of ether oxygens (including phenoxy) is 2. The summed E-state index contributed by atoms with van der Waals surface area (Å²) in [6, 6.07) is 9.19. The van der Waals surface area contributed by atoms with Crippen LogP contribution in [0.3, 0.4) is 0 Å². The third-order valence-electron chi connectivity index (χ3n) is 4.24. The Bertz CT molecular complexity index is 779. The number of carbonyl (C=O) groups excluding carboxylic acids is 2. The topological polar surface area (TPSA) is 90.7 Å². The van der Waals surface area contributed by atoms with Crippen molar-refractivity contribution in [3.8, 4) is 17.1 Å². The first kappa shape index (κ1) is 17.0. The Labute approximate surface area is 145 Å². The van der Waals surface area contributed by atoms with Gasteiger partial charge in [0.2, 0.25) is 5.91 Å². The molecule has 1 aromatic heterocycles. The lowest BCUT2D eigenvalue weighted by atomic mass is 10.0. The number of esters is 1. The quantitative estimate of drug-likeness (QED) is 0.773. The molecule has 1 aliphatic rings. The van der Waals surface area contributed by atoms with Crippen molar-refractivity contribution >= 4 is 11.9 Å². The molecule has 0 unspecified atom stereocenters. The van der Waals surface area contributed by atoms with Crippen LogP contribution in [0.2, 0.25) is 0 Å². The molecular formula is C18H20N2O5. The van der Waals surface area contributed by atoms with E-state index in [2.05, 4.69) is 10.5 Å². The van der Waals surface area contributed by atoms with E-state index in [0.717, 1.165) is 5.56 Å². The van der Waals surface area contributed by atoms with Crippen LogP contribution in [0.5, 0.6) is 5.75 Å². The molecule has 0 bridgehead atoms. The highest BCUT2D eigenvalue weighted by atomic mass is 16.5. The van der Waals surface area contributed by atoms with Crippen LogP contribution in [-0.2, 0) is 19.7 Å². The number of nitrogens with zero attached hydrogens (tertiary/aromatic N) is 1. The predicted molar refractivity (Wildman–Crippen MR) is 89.0 cm³/mol. The first-order valence-electron chi connectivity index (χ1n) is 8.14. The van der Waals surface area contributed by atoms with Crippen molar-refractivity contribution < 1.29 is 23.6 Å². The van der Waals surface area contributed by atoms with Crippen LogP contribution in [0.1, 0.15) is 25.5 Å². The van der Waals surface area contributed by atoms with Gasteiger partial charge in [0.05, 0.1) is 24.8 Å². The zero-order valence-corrected chi connectivity index (χ0v) is 14.2. The summed E-state index contributed by atoms with van der Waals surface area (Å²) >= 11 is 0. The molecule has 0 saturated heterocycles. The minimum absolute atomic E-state index is 0.144. The van der Waals surface area contributed by atoms with Crippen molar-refractivity contribution in [1.82, 2.24) is 10.5 Å². The Morgan fingerprint density at radius 2 is 2.12 bits per heavy atom. The van der Waals surface area contributed by atoms with E-state index in [4.69, 9.17) is 14.0 Å². The van der Waals surface area contributed by atoms with E-state index >= 15 is 0 Å². The van der Waals surface area contributed by atoms with Gasteiger partial charge in [-0.25, -0.2) is 0 Å². The Balaban J connectivity index is 1.72. The third-order valence-corrected chi connectivity index (χ3v) is 4.24. The maximum absolute atomic E-state index is 12.5. The van der Waals surface area contributed by atoms with E-state index in [1.807, 2.05) is 24.3 Å². The van der Waals surface area contributed by atoms with Crippen molar-refractivity contribution in [3.05, 3.63) is 36.0 Å². The fraction of sp³-hybridized carbons (Fsp3) is 0.389. The minimum atomic E-state index is -0.715. The Morgan fingerprint density at radius 3 is 2.80 bits per heavy atom. The SMILES string of the molecule is CCOC(=O)CNC(=O)C1(c2cc(-c3cccc(OC)c3)on2)CC1. The predicted octanol–water partition coefficient (Wildman–Crippen LogP) is 2.06. The molecule has 0 spiro atoms. The molecule has 1 aliphatic carbocycles. The van der Waals surface area contributed by atoms with E-state index in [0.29, 0.717) is 30.0 Å². The van der Waals surface area contributed by atoms with Crippen molar-refractivity contribution in [2.45, 2.75) is 25.2 Å². The van der Waals surface area contributed by atoms with Gasteiger partial charge in [0.1, 0.15) is 12.3 Å². The molecule has 2 aromatic rings. The summed E-state index contributed by atoms with van der Waals surface area (Å²) in [4.78, 5) is 23.9. The standard InChI is InChI=1S/C18H20N2O5/c1-3-24-16(21)11-19-17(22)18(7-8-18)15-10-14(25-20-15)12-5-4-6-13(9-12)23-2/h4-6,9-10H,3,7-8,11H2,1-2H3,(H,19,22). The molecule has 1 amide bonds. The van der Waals surface area contributed by atoms with Gasteiger partial charge in [-0.05, 0) is 31.9 Å². The summed E-state index contributed by atoms with van der Waals surface area (Å²) in [5.74, 6) is 0.594. The van der Waals surface area contributed by atoms with Crippen LogP contribution in [0.25, 0.3) is 11.3 Å². The van der Waals surface area contributed by atoms with Gasteiger partial charge in [0.25, 0.3) is 0 Å². The lowest BCUT2D eigenvalue weighted by molar-refractivity contribution is -0.143. The molecule has 0 radical (unpaired) electrons. The molecule has 7 heteroatoms. The number of rotatable bonds is 7. The fourth-order valence-corrected chi connectivity index (χ4v) is 2.67. The Hall–Kier alpha value is -2.83. The van der Waals surface area contributed by atoms with Gasteiger partial charge in [0.15, 0.2) is 5.76 Å². The molecular weight excluding hydrogens is 324 g/mol. The molecule has 3 rings (SSSR count). The molecule has 0 atom stereocenters. The molecule has 1 aromatic carbocycles. The zero-order chi connectivity index (χ0) is 17.9. The van der Waals surface area contributed by atoms with E-state index in [1.54, 1.807) is 20.1 Å². The third kappa shape index (κ3) is 3.50. The minimum Gasteiger partial charge on any atom is -0.497 e. The summed E-state index contributed by atoms with van der Waals surface area (Å²) in [6.45, 7) is 1.86. The lowest BCUT2D eigenvalue weighted by Gasteiger charge is -2.11. The summed E-state index contributed by atoms with van der Waals surface area (Å²) in [6.07, 6.45) is 1.34. The van der Waals surface area contributed by atoms with Crippen LogP contribution in [-0.4, -0.2) is 37.3 Å². The normalized spacial score (nSPS) is 14.6. The Kier molecular flexibility index (Phi) is 4.74. The molecule has 7 nitrogen and oxygen atoms in total.